The third-order valence-corrected chi connectivity index (χ3v) is 5.83. The van der Waals surface area contributed by atoms with Gasteiger partial charge in [-0.1, -0.05) is 18.2 Å². The fourth-order valence-electron chi connectivity index (χ4n) is 3.60. The van der Waals surface area contributed by atoms with Gasteiger partial charge in [-0.2, -0.15) is 79.0 Å². The molecule has 0 aromatic heterocycles. The molecule has 0 spiro atoms. The van der Waals surface area contributed by atoms with Crippen LogP contribution in [0, 0.1) is 0 Å². The second-order valence-corrected chi connectivity index (χ2v) is 8.29. The monoisotopic (exact) mass is 616 g/mol. The number of halogens is 18. The SMILES string of the molecule is O=C1C2=Cc3cc(C(F)(F)C(F)(F)C(F)(F)C(F)(F)F)ccc3C2=CC=C1C(F)(F)C(F)(F)C(F)(F)C(F)(F)F. The van der Waals surface area contributed by atoms with Gasteiger partial charge in [0.2, 0.25) is 0 Å². The molecule has 3 rings (SSSR count). The lowest BCUT2D eigenvalue weighted by Crippen LogP contribution is -2.62. The van der Waals surface area contributed by atoms with Crippen LogP contribution in [0.4, 0.5) is 79.0 Å². The van der Waals surface area contributed by atoms with Crippen molar-refractivity contribution in [1.82, 2.24) is 0 Å². The fraction of sp³-hybridized carbons (Fsp3) is 0.381. The van der Waals surface area contributed by atoms with Crippen molar-refractivity contribution < 1.29 is 83.8 Å². The average Bonchev–Trinajstić information content (AvgIpc) is 3.16. The van der Waals surface area contributed by atoms with Crippen LogP contribution in [0.1, 0.15) is 16.7 Å². The third-order valence-electron chi connectivity index (χ3n) is 5.83. The molecule has 1 nitrogen and oxygen atoms in total. The third kappa shape index (κ3) is 3.93. The largest absolute Gasteiger partial charge is 0.460 e. The van der Waals surface area contributed by atoms with Gasteiger partial charge in [0.1, 0.15) is 0 Å². The number of allylic oxidation sites excluding steroid dienone is 5. The first kappa shape index (κ1) is 31.4. The number of rotatable bonds is 6. The van der Waals surface area contributed by atoms with E-state index in [1.165, 1.54) is 0 Å². The molecule has 2 aliphatic rings. The number of ketones is 1. The molecule has 1 aromatic rings. The van der Waals surface area contributed by atoms with Crippen molar-refractivity contribution in [1.29, 1.82) is 0 Å². The smallest absolute Gasteiger partial charge is 0.289 e. The van der Waals surface area contributed by atoms with E-state index >= 15 is 0 Å². The molecular formula is C21H6F18O. The van der Waals surface area contributed by atoms with Crippen molar-refractivity contribution >= 4 is 17.4 Å². The summed E-state index contributed by atoms with van der Waals surface area (Å²) in [7, 11) is 0. The first-order valence-electron chi connectivity index (χ1n) is 9.83. The van der Waals surface area contributed by atoms with Gasteiger partial charge >= 0.3 is 47.9 Å². The molecule has 0 fully saturated rings. The molecule has 2 aliphatic carbocycles. The molecule has 0 N–H and O–H groups in total. The zero-order chi connectivity index (χ0) is 31.3. The Bertz CT molecular complexity index is 1340. The van der Waals surface area contributed by atoms with Crippen LogP contribution in [0.3, 0.4) is 0 Å². The Morgan fingerprint density at radius 3 is 1.40 bits per heavy atom. The van der Waals surface area contributed by atoms with Crippen LogP contribution in [0.15, 0.2) is 41.5 Å². The Kier molecular flexibility index (Phi) is 6.62. The molecule has 0 saturated carbocycles. The maximum absolute atomic E-state index is 14.3. The van der Waals surface area contributed by atoms with Crippen LogP contribution in [0.5, 0.6) is 0 Å². The Morgan fingerprint density at radius 2 is 0.950 bits per heavy atom. The molecule has 19 heteroatoms. The molecule has 40 heavy (non-hydrogen) atoms. The molecule has 0 atom stereocenters. The predicted molar refractivity (Wildman–Crippen MR) is 96.2 cm³/mol. The minimum Gasteiger partial charge on any atom is -0.289 e. The molecule has 222 valence electrons. The molecule has 0 aliphatic heterocycles. The predicted octanol–water partition coefficient (Wildman–Crippen LogP) is 8.37. The summed E-state index contributed by atoms with van der Waals surface area (Å²) in [5.74, 6) is -44.2. The van der Waals surface area contributed by atoms with E-state index in [-0.39, 0.29) is 30.4 Å². The summed E-state index contributed by atoms with van der Waals surface area (Å²) in [5, 5.41) is 0. The average molecular weight is 616 g/mol. The lowest BCUT2D eigenvalue weighted by molar-refractivity contribution is -0.399. The van der Waals surface area contributed by atoms with E-state index in [0.717, 1.165) is 0 Å². The standard InChI is InChI=1S/C21H6F18O/c22-14(23,16(26,27)18(30,31)20(34,35)36)8-1-2-9-7(5-8)6-11-10(9)3-4-12(13(11)40)15(24,25)17(28,29)19(32,33)21(37,38)39/h1-6H. The molecule has 0 bridgehead atoms. The van der Waals surface area contributed by atoms with Gasteiger partial charge in [0.25, 0.3) is 0 Å². The number of hydrogen-bond donors (Lipinski definition) is 0. The van der Waals surface area contributed by atoms with Gasteiger partial charge < -0.3 is 0 Å². The first-order valence-corrected chi connectivity index (χ1v) is 9.83. The van der Waals surface area contributed by atoms with Gasteiger partial charge in [0.15, 0.2) is 5.78 Å². The Balaban J connectivity index is 2.07. The number of fused-ring (bicyclic) bond motifs is 3. The summed E-state index contributed by atoms with van der Waals surface area (Å²) < 4.78 is 239. The highest BCUT2D eigenvalue weighted by Gasteiger charge is 2.83. The van der Waals surface area contributed by atoms with E-state index in [4.69, 9.17) is 0 Å². The van der Waals surface area contributed by atoms with E-state index in [9.17, 15) is 83.8 Å². The highest BCUT2D eigenvalue weighted by molar-refractivity contribution is 6.26. The molecule has 0 unspecified atom stereocenters. The lowest BCUT2D eigenvalue weighted by Gasteiger charge is -2.35. The number of benzene rings is 1. The minimum atomic E-state index is -7.38. The van der Waals surface area contributed by atoms with Crippen molar-refractivity contribution in [2.24, 2.45) is 0 Å². The summed E-state index contributed by atoms with van der Waals surface area (Å²) in [5.41, 5.74) is -8.27. The van der Waals surface area contributed by atoms with Crippen molar-refractivity contribution in [3.63, 3.8) is 0 Å². The van der Waals surface area contributed by atoms with Crippen LogP contribution >= 0.6 is 0 Å². The van der Waals surface area contributed by atoms with Crippen LogP contribution < -0.4 is 0 Å². The number of hydrogen-bond acceptors (Lipinski definition) is 1. The second-order valence-electron chi connectivity index (χ2n) is 8.29. The molecule has 0 heterocycles. The summed E-state index contributed by atoms with van der Waals surface area (Å²) in [6.45, 7) is 0. The number of carbonyl (C=O) groups is 1. The van der Waals surface area contributed by atoms with Gasteiger partial charge in [-0.3, -0.25) is 4.79 Å². The zero-order valence-electron chi connectivity index (χ0n) is 18.2. The quantitative estimate of drug-likeness (QED) is 0.294. The van der Waals surface area contributed by atoms with E-state index < -0.39 is 87.1 Å². The second kappa shape index (κ2) is 8.43. The van der Waals surface area contributed by atoms with Gasteiger partial charge in [-0.15, -0.1) is 0 Å². The van der Waals surface area contributed by atoms with E-state index in [2.05, 4.69) is 0 Å². The maximum atomic E-state index is 14.3. The number of alkyl halides is 18. The molecule has 0 saturated heterocycles. The molecular weight excluding hydrogens is 610 g/mol. The summed E-state index contributed by atoms with van der Waals surface area (Å²) >= 11 is 0. The summed E-state index contributed by atoms with van der Waals surface area (Å²) in [6.07, 6.45) is -14.2. The van der Waals surface area contributed by atoms with Crippen LogP contribution in [0.25, 0.3) is 11.6 Å². The minimum absolute atomic E-state index is 0.118. The number of carbonyl (C=O) groups excluding carboxylic acids is 1. The van der Waals surface area contributed by atoms with Gasteiger partial charge in [-0.25, -0.2) is 0 Å². The topological polar surface area (TPSA) is 17.1 Å². The molecule has 0 amide bonds. The van der Waals surface area contributed by atoms with Crippen molar-refractivity contribution in [2.45, 2.75) is 47.9 Å². The molecule has 0 radical (unpaired) electrons. The van der Waals surface area contributed by atoms with Gasteiger partial charge in [0.05, 0.1) is 5.57 Å². The Morgan fingerprint density at radius 1 is 0.500 bits per heavy atom. The van der Waals surface area contributed by atoms with E-state index in [1.54, 1.807) is 0 Å². The Hall–Kier alpha value is -3.15. The van der Waals surface area contributed by atoms with Gasteiger partial charge in [-0.05, 0) is 34.9 Å². The maximum Gasteiger partial charge on any atom is 0.460 e. The highest BCUT2D eigenvalue weighted by atomic mass is 19.4. The summed E-state index contributed by atoms with van der Waals surface area (Å²) in [4.78, 5) is 12.4. The van der Waals surface area contributed by atoms with Crippen molar-refractivity contribution in [3.8, 4) is 0 Å². The zero-order valence-corrected chi connectivity index (χ0v) is 18.2. The van der Waals surface area contributed by atoms with E-state index in [0.29, 0.717) is 6.07 Å². The fourth-order valence-corrected chi connectivity index (χ4v) is 3.60. The van der Waals surface area contributed by atoms with Crippen molar-refractivity contribution in [2.75, 3.05) is 0 Å². The molecule has 1 aromatic carbocycles. The van der Waals surface area contributed by atoms with Gasteiger partial charge in [0, 0.05) is 11.1 Å². The van der Waals surface area contributed by atoms with Crippen LogP contribution in [0.2, 0.25) is 0 Å². The van der Waals surface area contributed by atoms with E-state index in [1.807, 2.05) is 0 Å². The summed E-state index contributed by atoms with van der Waals surface area (Å²) in [6, 6.07) is 0.0128. The first-order chi connectivity index (χ1) is 17.6. The van der Waals surface area contributed by atoms with Crippen molar-refractivity contribution in [3.05, 3.63) is 58.2 Å². The van der Waals surface area contributed by atoms with Crippen LogP contribution in [-0.2, 0) is 10.7 Å². The number of Topliss-reactive ketones (excluding diaryl/α,β-unsaturated/α-hetero) is 1. The normalized spacial score (nSPS) is 17.8. The lowest BCUT2D eigenvalue weighted by atomic mass is 9.85. The Labute approximate surface area is 208 Å². The van der Waals surface area contributed by atoms with Crippen LogP contribution in [-0.4, -0.2) is 47.7 Å². The highest BCUT2D eigenvalue weighted by Crippen LogP contribution is 2.58.